The molecule has 0 unspecified atom stereocenters. The molecular weight excluding hydrogens is 470 g/mol. The molecule has 0 aliphatic carbocycles. The second-order valence-corrected chi connectivity index (χ2v) is 10.5. The molecule has 1 aliphatic rings. The van der Waals surface area contributed by atoms with E-state index < -0.39 is 37.8 Å². The molecule has 0 bridgehead atoms. The molecule has 0 aromatic heterocycles. The van der Waals surface area contributed by atoms with Crippen LogP contribution in [-0.4, -0.2) is 36.8 Å². The summed E-state index contributed by atoms with van der Waals surface area (Å²) in [4.78, 5) is 23.8. The van der Waals surface area contributed by atoms with E-state index in [9.17, 15) is 28.6 Å². The van der Waals surface area contributed by atoms with Gasteiger partial charge in [-0.2, -0.15) is 9.57 Å². The molecule has 35 heavy (non-hydrogen) atoms. The van der Waals surface area contributed by atoms with E-state index in [4.69, 9.17) is 4.74 Å². The Morgan fingerprint density at radius 3 is 2.34 bits per heavy atom. The third kappa shape index (κ3) is 3.90. The van der Waals surface area contributed by atoms with Crippen LogP contribution in [0.15, 0.2) is 72.1 Å². The summed E-state index contributed by atoms with van der Waals surface area (Å²) in [6.07, 6.45) is 1.49. The van der Waals surface area contributed by atoms with Crippen LogP contribution < -0.4 is 0 Å². The van der Waals surface area contributed by atoms with E-state index in [1.54, 1.807) is 51.1 Å². The summed E-state index contributed by atoms with van der Waals surface area (Å²) in [6, 6.07) is 13.9. The molecule has 10 heteroatoms. The number of hydrogen-bond donors (Lipinski definition) is 0. The normalized spacial score (nSPS) is 24.6. The number of carbonyl (C=O) groups excluding carboxylic acids is 1. The molecule has 0 N–H and O–H groups in total. The lowest BCUT2D eigenvalue weighted by Crippen LogP contribution is -2.50. The number of rotatable bonds is 8. The molecule has 1 heterocycles. The number of carbonyl (C=O) groups is 1. The highest BCUT2D eigenvalue weighted by Crippen LogP contribution is 2.62. The predicted octanol–water partition coefficient (Wildman–Crippen LogP) is 4.24. The molecule has 1 saturated heterocycles. The Kier molecular flexibility index (Phi) is 7.15. The Balaban J connectivity index is 2.36. The molecule has 0 spiro atoms. The molecule has 0 saturated carbocycles. The molecule has 3 atom stereocenters. The zero-order valence-corrected chi connectivity index (χ0v) is 20.6. The number of benzene rings is 2. The van der Waals surface area contributed by atoms with Crippen LogP contribution in [0.25, 0.3) is 0 Å². The lowest BCUT2D eigenvalue weighted by atomic mass is 9.57. The number of nitro groups is 1. The van der Waals surface area contributed by atoms with E-state index in [1.165, 1.54) is 6.08 Å². The van der Waals surface area contributed by atoms with Crippen LogP contribution in [0.4, 0.5) is 5.69 Å². The molecule has 184 valence electrons. The van der Waals surface area contributed by atoms with Crippen LogP contribution >= 0.6 is 0 Å². The van der Waals surface area contributed by atoms with E-state index in [1.807, 2.05) is 0 Å². The van der Waals surface area contributed by atoms with E-state index in [-0.39, 0.29) is 29.7 Å². The maximum atomic E-state index is 14.0. The maximum Gasteiger partial charge on any atom is 0.329 e. The topological polar surface area (TPSA) is 131 Å². The Hall–Kier alpha value is -3.55. The van der Waals surface area contributed by atoms with Crippen molar-refractivity contribution in [1.82, 2.24) is 4.31 Å². The minimum absolute atomic E-state index is 0.00416. The molecular formula is C25H27N3O6S. The minimum Gasteiger partial charge on any atom is -0.465 e. The van der Waals surface area contributed by atoms with Crippen LogP contribution in [-0.2, 0) is 19.6 Å². The van der Waals surface area contributed by atoms with Gasteiger partial charge >= 0.3 is 5.97 Å². The first-order valence-electron chi connectivity index (χ1n) is 11.1. The highest BCUT2D eigenvalue weighted by atomic mass is 32.2. The highest BCUT2D eigenvalue weighted by Gasteiger charge is 2.71. The number of nitro benzene ring substituents is 1. The summed E-state index contributed by atoms with van der Waals surface area (Å²) in [5.41, 5.74) is -3.04. The van der Waals surface area contributed by atoms with E-state index in [2.05, 4.69) is 12.6 Å². The first kappa shape index (κ1) is 26.1. The van der Waals surface area contributed by atoms with Gasteiger partial charge in [0.15, 0.2) is 5.41 Å². The van der Waals surface area contributed by atoms with Gasteiger partial charge in [0.2, 0.25) is 10.0 Å². The standard InChI is InChI=1S/C25H27N3O6S/c1-5-24(18(3)4)17-27(35(32,33)21-14-12-20(13-15-21)28(30)31)22(19-10-8-7-9-11-19)25(24,16-26)23(29)34-6-2/h5,7-15,18,22H,1,6,17H2,2-4H3/t22-,24+,25+/m0/s1. The fraction of sp³-hybridized carbons (Fsp3) is 0.360. The first-order chi connectivity index (χ1) is 16.5. The zero-order valence-electron chi connectivity index (χ0n) is 19.7. The third-order valence-corrected chi connectivity index (χ3v) is 8.61. The average molecular weight is 498 g/mol. The van der Waals surface area contributed by atoms with Gasteiger partial charge in [0, 0.05) is 24.1 Å². The van der Waals surface area contributed by atoms with Crippen molar-refractivity contribution in [3.8, 4) is 6.07 Å². The molecule has 2 aromatic rings. The van der Waals surface area contributed by atoms with Crippen molar-refractivity contribution in [2.24, 2.45) is 16.7 Å². The van der Waals surface area contributed by atoms with Gasteiger partial charge < -0.3 is 4.74 Å². The van der Waals surface area contributed by atoms with Gasteiger partial charge in [0.1, 0.15) is 0 Å². The SMILES string of the molecule is C=C[C@]1(C(C)C)CN(S(=O)(=O)c2ccc([N+](=O)[O-])cc2)[C@@H](c2ccccc2)[C@]1(C#N)C(=O)OCC. The Bertz CT molecular complexity index is 1270. The van der Waals surface area contributed by atoms with Crippen molar-refractivity contribution in [1.29, 1.82) is 5.26 Å². The lowest BCUT2D eigenvalue weighted by Gasteiger charge is -2.41. The quantitative estimate of drug-likeness (QED) is 0.231. The highest BCUT2D eigenvalue weighted by molar-refractivity contribution is 7.89. The third-order valence-electron chi connectivity index (χ3n) is 6.79. The van der Waals surface area contributed by atoms with E-state index in [0.29, 0.717) is 5.56 Å². The van der Waals surface area contributed by atoms with Gasteiger partial charge in [-0.1, -0.05) is 50.3 Å². The molecule has 9 nitrogen and oxygen atoms in total. The molecule has 0 radical (unpaired) electrons. The number of esters is 1. The largest absolute Gasteiger partial charge is 0.465 e. The van der Waals surface area contributed by atoms with Crippen LogP contribution in [0.5, 0.6) is 0 Å². The van der Waals surface area contributed by atoms with E-state index >= 15 is 0 Å². The Morgan fingerprint density at radius 2 is 1.89 bits per heavy atom. The number of ether oxygens (including phenoxy) is 1. The summed E-state index contributed by atoms with van der Waals surface area (Å²) in [5.74, 6) is -1.20. The minimum atomic E-state index is -4.32. The van der Waals surface area contributed by atoms with E-state index in [0.717, 1.165) is 28.6 Å². The van der Waals surface area contributed by atoms with Gasteiger partial charge in [-0.15, -0.1) is 6.58 Å². The average Bonchev–Trinajstić information content (AvgIpc) is 3.18. The second kappa shape index (κ2) is 9.60. The Labute approximate surface area is 204 Å². The van der Waals surface area contributed by atoms with Crippen molar-refractivity contribution in [3.05, 3.63) is 82.9 Å². The van der Waals surface area contributed by atoms with Gasteiger partial charge in [0.05, 0.1) is 28.5 Å². The van der Waals surface area contributed by atoms with Crippen LogP contribution in [0.1, 0.15) is 32.4 Å². The van der Waals surface area contributed by atoms with Gasteiger partial charge in [-0.05, 0) is 30.5 Å². The van der Waals surface area contributed by atoms with Crippen molar-refractivity contribution in [3.63, 3.8) is 0 Å². The summed E-state index contributed by atoms with van der Waals surface area (Å²) >= 11 is 0. The van der Waals surface area contributed by atoms with Crippen molar-refractivity contribution in [2.75, 3.05) is 13.2 Å². The van der Waals surface area contributed by atoms with Crippen molar-refractivity contribution < 1.29 is 22.9 Å². The number of nitrogens with zero attached hydrogens (tertiary/aromatic N) is 3. The number of hydrogen-bond acceptors (Lipinski definition) is 7. The fourth-order valence-corrected chi connectivity index (χ4v) is 6.64. The molecule has 3 rings (SSSR count). The smallest absolute Gasteiger partial charge is 0.329 e. The second-order valence-electron chi connectivity index (χ2n) is 8.65. The summed E-state index contributed by atoms with van der Waals surface area (Å²) in [6.45, 7) is 8.93. The maximum absolute atomic E-state index is 14.0. The number of nitriles is 1. The van der Waals surface area contributed by atoms with Gasteiger partial charge in [-0.25, -0.2) is 8.42 Å². The molecule has 1 aliphatic heterocycles. The lowest BCUT2D eigenvalue weighted by molar-refractivity contribution is -0.384. The Morgan fingerprint density at radius 1 is 1.29 bits per heavy atom. The van der Waals surface area contributed by atoms with Crippen LogP contribution in [0.2, 0.25) is 0 Å². The molecule has 0 amide bonds. The van der Waals surface area contributed by atoms with Crippen LogP contribution in [0.3, 0.4) is 0 Å². The first-order valence-corrected chi connectivity index (χ1v) is 12.5. The fourth-order valence-electron chi connectivity index (χ4n) is 4.95. The van der Waals surface area contributed by atoms with Gasteiger partial charge in [-0.3, -0.25) is 14.9 Å². The molecule has 2 aromatic carbocycles. The predicted molar refractivity (Wildman–Crippen MR) is 128 cm³/mol. The van der Waals surface area contributed by atoms with Crippen molar-refractivity contribution in [2.45, 2.75) is 31.7 Å². The number of sulfonamides is 1. The summed E-state index contributed by atoms with van der Waals surface area (Å²) < 4.78 is 34.5. The zero-order chi connectivity index (χ0) is 26.0. The van der Waals surface area contributed by atoms with Crippen LogP contribution in [0, 0.1) is 38.2 Å². The van der Waals surface area contributed by atoms with Gasteiger partial charge in [0.25, 0.3) is 5.69 Å². The monoisotopic (exact) mass is 497 g/mol. The summed E-state index contributed by atoms with van der Waals surface area (Å²) in [7, 11) is -4.32. The number of non-ortho nitro benzene ring substituents is 1. The van der Waals surface area contributed by atoms with Crippen molar-refractivity contribution >= 4 is 21.7 Å². The molecule has 1 fully saturated rings. The summed E-state index contributed by atoms with van der Waals surface area (Å²) in [5, 5.41) is 21.7.